The summed E-state index contributed by atoms with van der Waals surface area (Å²) in [6, 6.07) is 8.97. The van der Waals surface area contributed by atoms with Crippen LogP contribution in [-0.4, -0.2) is 36.2 Å². The summed E-state index contributed by atoms with van der Waals surface area (Å²) < 4.78 is 5.54. The van der Waals surface area contributed by atoms with Gasteiger partial charge in [0.1, 0.15) is 5.41 Å². The Hall–Kier alpha value is -1.88. The molecule has 1 heterocycles. The van der Waals surface area contributed by atoms with E-state index in [1.54, 1.807) is 31.2 Å². The second-order valence-corrected chi connectivity index (χ2v) is 5.97. The van der Waals surface area contributed by atoms with Crippen molar-refractivity contribution in [2.24, 2.45) is 0 Å². The van der Waals surface area contributed by atoms with Gasteiger partial charge in [0, 0.05) is 13.2 Å². The first-order chi connectivity index (χ1) is 10.5. The predicted octanol–water partition coefficient (Wildman–Crippen LogP) is 2.10. The van der Waals surface area contributed by atoms with E-state index in [0.717, 1.165) is 19.3 Å². The Morgan fingerprint density at radius 1 is 1.32 bits per heavy atom. The highest BCUT2D eigenvalue weighted by molar-refractivity contribution is 5.83. The summed E-state index contributed by atoms with van der Waals surface area (Å²) in [6.45, 7) is 2.40. The van der Waals surface area contributed by atoms with Gasteiger partial charge in [-0.1, -0.05) is 30.3 Å². The van der Waals surface area contributed by atoms with Gasteiger partial charge < -0.3 is 15.2 Å². The smallest absolute Gasteiger partial charge is 0.315 e. The second kappa shape index (κ2) is 7.40. The molecule has 1 aliphatic heterocycles. The predicted molar refractivity (Wildman–Crippen MR) is 82.6 cm³/mol. The van der Waals surface area contributed by atoms with Crippen LogP contribution in [0.25, 0.3) is 0 Å². The number of nitrogens with one attached hydrogen (secondary N) is 1. The maximum Gasteiger partial charge on any atom is 0.315 e. The Labute approximate surface area is 130 Å². The fraction of sp³-hybridized carbons (Fsp3) is 0.529. The summed E-state index contributed by atoms with van der Waals surface area (Å²) in [7, 11) is 0. The molecule has 2 unspecified atom stereocenters. The lowest BCUT2D eigenvalue weighted by Crippen LogP contribution is -2.45. The highest BCUT2D eigenvalue weighted by atomic mass is 16.5. The minimum atomic E-state index is -1.13. The third-order valence-corrected chi connectivity index (χ3v) is 4.21. The minimum absolute atomic E-state index is 0.0402. The van der Waals surface area contributed by atoms with Gasteiger partial charge in [-0.3, -0.25) is 9.59 Å². The molecule has 1 aromatic rings. The second-order valence-electron chi connectivity index (χ2n) is 5.97. The first-order valence-electron chi connectivity index (χ1n) is 7.69. The Bertz CT molecular complexity index is 511. The van der Waals surface area contributed by atoms with Gasteiger partial charge in [0.2, 0.25) is 5.91 Å². The van der Waals surface area contributed by atoms with E-state index in [4.69, 9.17) is 4.74 Å². The molecule has 0 aromatic heterocycles. The lowest BCUT2D eigenvalue weighted by Gasteiger charge is -2.27. The van der Waals surface area contributed by atoms with E-state index in [1.807, 2.05) is 6.07 Å². The molecule has 1 fully saturated rings. The topological polar surface area (TPSA) is 75.6 Å². The molecule has 1 saturated heterocycles. The Morgan fingerprint density at radius 2 is 2.05 bits per heavy atom. The molecule has 1 amide bonds. The minimum Gasteiger partial charge on any atom is -0.481 e. The van der Waals surface area contributed by atoms with Gasteiger partial charge in [0.05, 0.1) is 12.5 Å². The summed E-state index contributed by atoms with van der Waals surface area (Å²) in [5, 5.41) is 12.3. The van der Waals surface area contributed by atoms with Crippen LogP contribution in [0, 0.1) is 0 Å². The summed E-state index contributed by atoms with van der Waals surface area (Å²) in [6.07, 6.45) is 3.27. The molecule has 0 saturated carbocycles. The molecule has 22 heavy (non-hydrogen) atoms. The lowest BCUT2D eigenvalue weighted by molar-refractivity contribution is -0.143. The fourth-order valence-corrected chi connectivity index (χ4v) is 2.63. The Kier molecular flexibility index (Phi) is 5.55. The van der Waals surface area contributed by atoms with Gasteiger partial charge in [-0.2, -0.15) is 0 Å². The Balaban J connectivity index is 1.94. The molecule has 1 aliphatic rings. The third kappa shape index (κ3) is 4.07. The number of carboxylic acids is 1. The zero-order valence-corrected chi connectivity index (χ0v) is 12.9. The van der Waals surface area contributed by atoms with Crippen molar-refractivity contribution < 1.29 is 19.4 Å². The fourth-order valence-electron chi connectivity index (χ4n) is 2.63. The summed E-state index contributed by atoms with van der Waals surface area (Å²) in [5.41, 5.74) is -0.457. The molecule has 1 aromatic carbocycles. The summed E-state index contributed by atoms with van der Waals surface area (Å²) in [4.78, 5) is 23.7. The van der Waals surface area contributed by atoms with Gasteiger partial charge in [-0.25, -0.2) is 0 Å². The van der Waals surface area contributed by atoms with Crippen LogP contribution >= 0.6 is 0 Å². The maximum atomic E-state index is 12.0. The number of aliphatic carboxylic acids is 1. The zero-order chi connectivity index (χ0) is 16.0. The van der Waals surface area contributed by atoms with Crippen molar-refractivity contribution in [3.05, 3.63) is 35.9 Å². The van der Waals surface area contributed by atoms with Gasteiger partial charge >= 0.3 is 5.97 Å². The van der Waals surface area contributed by atoms with Crippen molar-refractivity contribution in [1.29, 1.82) is 0 Å². The van der Waals surface area contributed by atoms with E-state index >= 15 is 0 Å². The molecular weight excluding hydrogens is 282 g/mol. The van der Waals surface area contributed by atoms with Crippen molar-refractivity contribution in [2.45, 2.75) is 44.1 Å². The van der Waals surface area contributed by atoms with E-state index < -0.39 is 11.4 Å². The van der Waals surface area contributed by atoms with Crippen LogP contribution in [0.15, 0.2) is 30.3 Å². The van der Waals surface area contributed by atoms with Crippen LogP contribution in [0.1, 0.15) is 38.2 Å². The molecule has 2 atom stereocenters. The van der Waals surface area contributed by atoms with Crippen LogP contribution in [0.5, 0.6) is 0 Å². The standard InChI is InChI=1S/C17H23NO4/c1-17(16(20)21,13-7-3-2-4-8-13)12-18-15(19)11-14-9-5-6-10-22-14/h2-4,7-8,14H,5-6,9-12H2,1H3,(H,18,19)(H,20,21). The molecule has 5 heteroatoms. The SMILES string of the molecule is CC(CNC(=O)CC1CCCCO1)(C(=O)O)c1ccccc1. The third-order valence-electron chi connectivity index (χ3n) is 4.21. The van der Waals surface area contributed by atoms with Crippen molar-refractivity contribution >= 4 is 11.9 Å². The van der Waals surface area contributed by atoms with Gasteiger partial charge in [0.15, 0.2) is 0 Å². The van der Waals surface area contributed by atoms with Crippen molar-refractivity contribution in [1.82, 2.24) is 5.32 Å². The number of hydrogen-bond donors (Lipinski definition) is 2. The van der Waals surface area contributed by atoms with Crippen LogP contribution in [0.2, 0.25) is 0 Å². The summed E-state index contributed by atoms with van der Waals surface area (Å²) in [5.74, 6) is -1.11. The van der Waals surface area contributed by atoms with Crippen molar-refractivity contribution in [3.8, 4) is 0 Å². The number of ether oxygens (including phenoxy) is 1. The average Bonchev–Trinajstić information content (AvgIpc) is 2.54. The van der Waals surface area contributed by atoms with Crippen LogP contribution < -0.4 is 5.32 Å². The maximum absolute atomic E-state index is 12.0. The van der Waals surface area contributed by atoms with Crippen LogP contribution in [0.4, 0.5) is 0 Å². The monoisotopic (exact) mass is 305 g/mol. The summed E-state index contributed by atoms with van der Waals surface area (Å²) >= 11 is 0. The van der Waals surface area contributed by atoms with Gasteiger partial charge in [-0.15, -0.1) is 0 Å². The quantitative estimate of drug-likeness (QED) is 0.844. The first kappa shape index (κ1) is 16.5. The highest BCUT2D eigenvalue weighted by Crippen LogP contribution is 2.23. The molecule has 5 nitrogen and oxygen atoms in total. The van der Waals surface area contributed by atoms with Crippen molar-refractivity contribution in [2.75, 3.05) is 13.2 Å². The highest BCUT2D eigenvalue weighted by Gasteiger charge is 2.35. The van der Waals surface area contributed by atoms with E-state index in [2.05, 4.69) is 5.32 Å². The number of benzene rings is 1. The Morgan fingerprint density at radius 3 is 2.64 bits per heavy atom. The van der Waals surface area contributed by atoms with E-state index in [-0.39, 0.29) is 18.6 Å². The van der Waals surface area contributed by atoms with E-state index in [1.165, 1.54) is 0 Å². The molecular formula is C17H23NO4. The van der Waals surface area contributed by atoms with Gasteiger partial charge in [-0.05, 0) is 31.7 Å². The molecule has 0 radical (unpaired) electrons. The molecule has 2 rings (SSSR count). The molecule has 0 spiro atoms. The number of hydrogen-bond acceptors (Lipinski definition) is 3. The molecule has 0 aliphatic carbocycles. The molecule has 0 bridgehead atoms. The van der Waals surface area contributed by atoms with E-state index in [0.29, 0.717) is 18.6 Å². The van der Waals surface area contributed by atoms with Crippen molar-refractivity contribution in [3.63, 3.8) is 0 Å². The van der Waals surface area contributed by atoms with Crippen LogP contribution in [-0.2, 0) is 19.7 Å². The number of amides is 1. The number of rotatable bonds is 6. The lowest BCUT2D eigenvalue weighted by atomic mass is 9.82. The van der Waals surface area contributed by atoms with Crippen LogP contribution in [0.3, 0.4) is 0 Å². The van der Waals surface area contributed by atoms with E-state index in [9.17, 15) is 14.7 Å². The normalized spacial score (nSPS) is 20.9. The first-order valence-corrected chi connectivity index (χ1v) is 7.69. The average molecular weight is 305 g/mol. The molecule has 2 N–H and O–H groups in total. The molecule has 120 valence electrons. The zero-order valence-electron chi connectivity index (χ0n) is 12.9. The largest absolute Gasteiger partial charge is 0.481 e. The van der Waals surface area contributed by atoms with Gasteiger partial charge in [0.25, 0.3) is 0 Å². The number of carbonyl (C=O) groups excluding carboxylic acids is 1. The number of carboxylic acid groups (broad SMARTS) is 1. The number of carbonyl (C=O) groups is 2.